The third-order valence-corrected chi connectivity index (χ3v) is 7.96. The molecule has 3 aromatic rings. The summed E-state index contributed by atoms with van der Waals surface area (Å²) in [5.74, 6) is -0.496. The zero-order valence-electron chi connectivity index (χ0n) is 21.9. The summed E-state index contributed by atoms with van der Waals surface area (Å²) in [5, 5.41) is 3.03. The minimum atomic E-state index is -3.90. The molecule has 0 radical (unpaired) electrons. The Bertz CT molecular complexity index is 1390. The minimum absolute atomic E-state index is 0.0989. The lowest BCUT2D eigenvalue weighted by Crippen LogP contribution is -2.53. The molecule has 0 spiro atoms. The molecule has 1 unspecified atom stereocenters. The van der Waals surface area contributed by atoms with Crippen LogP contribution >= 0.6 is 27.5 Å². The molecule has 0 aliphatic carbocycles. The Morgan fingerprint density at radius 1 is 1.03 bits per heavy atom. The number of ether oxygens (including phenoxy) is 1. The average molecular weight is 637 g/mol. The van der Waals surface area contributed by atoms with E-state index in [1.807, 2.05) is 54.6 Å². The van der Waals surface area contributed by atoms with E-state index in [0.717, 1.165) is 26.2 Å². The molecular weight excluding hydrogens is 606 g/mol. The summed E-state index contributed by atoms with van der Waals surface area (Å²) >= 11 is 9.68. The van der Waals surface area contributed by atoms with E-state index >= 15 is 0 Å². The van der Waals surface area contributed by atoms with E-state index in [9.17, 15) is 18.0 Å². The Balaban J connectivity index is 2.04. The Morgan fingerprint density at radius 3 is 2.26 bits per heavy atom. The number of carbonyl (C=O) groups is 2. The van der Waals surface area contributed by atoms with E-state index in [1.165, 1.54) is 30.2 Å². The minimum Gasteiger partial charge on any atom is -0.495 e. The van der Waals surface area contributed by atoms with Gasteiger partial charge in [0.05, 0.1) is 24.1 Å². The van der Waals surface area contributed by atoms with Gasteiger partial charge in [-0.25, -0.2) is 8.42 Å². The molecule has 0 fully saturated rings. The van der Waals surface area contributed by atoms with Crippen molar-refractivity contribution in [2.45, 2.75) is 25.9 Å². The summed E-state index contributed by atoms with van der Waals surface area (Å²) in [5.41, 5.74) is 1.86. The maximum absolute atomic E-state index is 14.0. The number of methoxy groups -OCH3 is 1. The number of rotatable bonds is 12. The summed E-state index contributed by atoms with van der Waals surface area (Å²) in [6.07, 6.45) is 1.27. The van der Waals surface area contributed by atoms with Crippen molar-refractivity contribution in [2.24, 2.45) is 0 Å². The third kappa shape index (κ3) is 8.45. The van der Waals surface area contributed by atoms with Gasteiger partial charge >= 0.3 is 0 Å². The highest BCUT2D eigenvalue weighted by Gasteiger charge is 2.33. The maximum Gasteiger partial charge on any atom is 0.244 e. The highest BCUT2D eigenvalue weighted by molar-refractivity contribution is 9.10. The van der Waals surface area contributed by atoms with Gasteiger partial charge in [-0.3, -0.25) is 13.9 Å². The van der Waals surface area contributed by atoms with Crippen molar-refractivity contribution in [3.05, 3.63) is 93.4 Å². The molecule has 0 saturated carbocycles. The van der Waals surface area contributed by atoms with Gasteiger partial charge in [-0.2, -0.15) is 0 Å². The van der Waals surface area contributed by atoms with Gasteiger partial charge in [0, 0.05) is 24.0 Å². The van der Waals surface area contributed by atoms with Gasteiger partial charge in [-0.1, -0.05) is 70.0 Å². The van der Waals surface area contributed by atoms with Gasteiger partial charge in [0.25, 0.3) is 0 Å². The largest absolute Gasteiger partial charge is 0.495 e. The molecule has 39 heavy (non-hydrogen) atoms. The van der Waals surface area contributed by atoms with E-state index in [-0.39, 0.29) is 29.6 Å². The zero-order valence-corrected chi connectivity index (χ0v) is 25.1. The van der Waals surface area contributed by atoms with Crippen LogP contribution in [0.15, 0.2) is 77.3 Å². The number of benzene rings is 3. The second kappa shape index (κ2) is 13.8. The molecule has 0 heterocycles. The van der Waals surface area contributed by atoms with Crippen LogP contribution in [0, 0.1) is 0 Å². The molecule has 11 heteroatoms. The Labute approximate surface area is 243 Å². The Kier molecular flexibility index (Phi) is 10.8. The highest BCUT2D eigenvalue weighted by Crippen LogP contribution is 2.30. The van der Waals surface area contributed by atoms with E-state index in [0.29, 0.717) is 12.3 Å². The quantitative estimate of drug-likeness (QED) is 0.312. The fraction of sp³-hybridized carbons (Fsp3) is 0.286. The first-order valence-electron chi connectivity index (χ1n) is 12.2. The maximum atomic E-state index is 14.0. The van der Waals surface area contributed by atoms with E-state index in [1.54, 1.807) is 6.92 Å². The lowest BCUT2D eigenvalue weighted by Gasteiger charge is -2.33. The normalized spacial score (nSPS) is 11.9. The van der Waals surface area contributed by atoms with Gasteiger partial charge in [0.1, 0.15) is 18.3 Å². The number of nitrogens with zero attached hydrogens (tertiary/aromatic N) is 2. The van der Waals surface area contributed by atoms with Crippen LogP contribution in [0.4, 0.5) is 5.69 Å². The van der Waals surface area contributed by atoms with E-state index in [2.05, 4.69) is 21.2 Å². The number of hydrogen-bond donors (Lipinski definition) is 1. The lowest BCUT2D eigenvalue weighted by atomic mass is 10.0. The molecule has 1 atom stereocenters. The zero-order chi connectivity index (χ0) is 28.6. The molecular formula is C28H31BrClN3O5S. The third-order valence-electron chi connectivity index (χ3n) is 5.99. The summed E-state index contributed by atoms with van der Waals surface area (Å²) in [7, 11) is -2.45. The molecule has 3 rings (SSSR count). The fourth-order valence-electron chi connectivity index (χ4n) is 4.06. The van der Waals surface area contributed by atoms with Gasteiger partial charge in [0.2, 0.25) is 21.8 Å². The van der Waals surface area contributed by atoms with E-state index in [4.69, 9.17) is 16.3 Å². The molecule has 208 valence electrons. The summed E-state index contributed by atoms with van der Waals surface area (Å²) in [6.45, 7) is 1.76. The first-order chi connectivity index (χ1) is 18.5. The van der Waals surface area contributed by atoms with Crippen LogP contribution in [0.3, 0.4) is 0 Å². The van der Waals surface area contributed by atoms with Crippen LogP contribution in [-0.4, -0.2) is 57.6 Å². The number of anilines is 1. The monoisotopic (exact) mass is 635 g/mol. The van der Waals surface area contributed by atoms with Crippen LogP contribution in [0.5, 0.6) is 5.75 Å². The van der Waals surface area contributed by atoms with Gasteiger partial charge in [0.15, 0.2) is 0 Å². The predicted molar refractivity (Wildman–Crippen MR) is 158 cm³/mol. The van der Waals surface area contributed by atoms with Crippen LogP contribution in [0.1, 0.15) is 18.1 Å². The number of carbonyl (C=O) groups excluding carboxylic acids is 2. The lowest BCUT2D eigenvalue weighted by molar-refractivity contribution is -0.140. The van der Waals surface area contributed by atoms with Gasteiger partial charge < -0.3 is 15.0 Å². The van der Waals surface area contributed by atoms with Crippen LogP contribution in [0.25, 0.3) is 0 Å². The van der Waals surface area contributed by atoms with Gasteiger partial charge in [-0.05, 0) is 48.4 Å². The summed E-state index contributed by atoms with van der Waals surface area (Å²) in [6, 6.07) is 20.4. The van der Waals surface area contributed by atoms with Crippen LogP contribution in [0.2, 0.25) is 5.02 Å². The molecule has 2 amide bonds. The van der Waals surface area contributed by atoms with Crippen LogP contribution in [-0.2, 0) is 32.6 Å². The van der Waals surface area contributed by atoms with Crippen molar-refractivity contribution >= 4 is 55.1 Å². The second-order valence-corrected chi connectivity index (χ2v) is 12.1. The van der Waals surface area contributed by atoms with Crippen LogP contribution < -0.4 is 14.4 Å². The van der Waals surface area contributed by atoms with Crippen molar-refractivity contribution < 1.29 is 22.7 Å². The molecule has 0 saturated heterocycles. The van der Waals surface area contributed by atoms with Crippen molar-refractivity contribution in [2.75, 3.05) is 30.8 Å². The molecule has 8 nitrogen and oxygen atoms in total. The number of sulfonamides is 1. The molecule has 3 aromatic carbocycles. The first kappa shape index (κ1) is 30.5. The second-order valence-electron chi connectivity index (χ2n) is 8.84. The number of nitrogens with one attached hydrogen (secondary N) is 1. The summed E-state index contributed by atoms with van der Waals surface area (Å²) in [4.78, 5) is 28.7. The predicted octanol–water partition coefficient (Wildman–Crippen LogP) is 4.65. The van der Waals surface area contributed by atoms with Crippen molar-refractivity contribution in [3.8, 4) is 5.75 Å². The standard InChI is InChI=1S/C28H31BrClN3O5S/c1-4-31-28(35)25(16-20-8-6-5-7-9-20)32(18-21-10-12-22(29)13-11-21)27(34)19-33(39(3,36)37)23-14-15-26(38-2)24(30)17-23/h5-15,17,25H,4,16,18-19H2,1-3H3,(H,31,35). The number of hydrogen-bond acceptors (Lipinski definition) is 5. The topological polar surface area (TPSA) is 96.0 Å². The Morgan fingerprint density at radius 2 is 1.69 bits per heavy atom. The fourth-order valence-corrected chi connectivity index (χ4v) is 5.41. The molecule has 0 aromatic heterocycles. The molecule has 0 aliphatic heterocycles. The first-order valence-corrected chi connectivity index (χ1v) is 15.2. The van der Waals surface area contributed by atoms with Crippen molar-refractivity contribution in [3.63, 3.8) is 0 Å². The smallest absolute Gasteiger partial charge is 0.244 e. The van der Waals surface area contributed by atoms with Gasteiger partial charge in [-0.15, -0.1) is 0 Å². The SMILES string of the molecule is CCNC(=O)C(Cc1ccccc1)N(Cc1ccc(Br)cc1)C(=O)CN(c1ccc(OC)c(Cl)c1)S(C)(=O)=O. The number of halogens is 2. The van der Waals surface area contributed by atoms with Crippen molar-refractivity contribution in [1.82, 2.24) is 10.2 Å². The number of likely N-dealkylation sites (N-methyl/N-ethyl adjacent to an activating group) is 1. The molecule has 1 N–H and O–H groups in total. The average Bonchev–Trinajstić information content (AvgIpc) is 2.90. The molecule has 0 aliphatic rings. The summed E-state index contributed by atoms with van der Waals surface area (Å²) < 4.78 is 32.7. The highest BCUT2D eigenvalue weighted by atomic mass is 79.9. The Hall–Kier alpha value is -3.08. The van der Waals surface area contributed by atoms with Crippen molar-refractivity contribution in [1.29, 1.82) is 0 Å². The number of amides is 2. The molecule has 0 bridgehead atoms. The van der Waals surface area contributed by atoms with E-state index < -0.39 is 28.5 Å².